The average molecular weight is 409 g/mol. The lowest BCUT2D eigenvalue weighted by molar-refractivity contribution is -0.384. The molecule has 1 amide bonds. The molecule has 2 rings (SSSR count). The molecule has 0 bridgehead atoms. The van der Waals surface area contributed by atoms with E-state index >= 15 is 0 Å². The van der Waals surface area contributed by atoms with Crippen molar-refractivity contribution < 1.29 is 19.2 Å². The van der Waals surface area contributed by atoms with Crippen molar-refractivity contribution in [3.8, 4) is 0 Å². The summed E-state index contributed by atoms with van der Waals surface area (Å²) in [6, 6.07) is 4.46. The van der Waals surface area contributed by atoms with E-state index in [2.05, 4.69) is 10.4 Å². The average Bonchev–Trinajstić information content (AvgIpc) is 3.15. The Hall–Kier alpha value is -2.94. The Kier molecular flexibility index (Phi) is 7.51. The minimum absolute atomic E-state index is 0.0457. The van der Waals surface area contributed by atoms with Crippen LogP contribution in [-0.4, -0.2) is 39.2 Å². The fourth-order valence-electron chi connectivity index (χ4n) is 2.44. The third-order valence-corrected chi connectivity index (χ3v) is 4.26. The number of carbonyl (C=O) groups excluding carboxylic acids is 2. The maximum absolute atomic E-state index is 12.5. The molecule has 0 fully saturated rings. The van der Waals surface area contributed by atoms with Gasteiger partial charge in [0.1, 0.15) is 6.04 Å². The molecule has 1 unspecified atom stereocenters. The van der Waals surface area contributed by atoms with E-state index in [9.17, 15) is 19.7 Å². The Morgan fingerprint density at radius 3 is 2.71 bits per heavy atom. The molecule has 1 atom stereocenters. The van der Waals surface area contributed by atoms with Gasteiger partial charge >= 0.3 is 5.97 Å². The highest BCUT2D eigenvalue weighted by Gasteiger charge is 2.27. The van der Waals surface area contributed by atoms with Crippen molar-refractivity contribution in [3.05, 3.63) is 57.4 Å². The topological polar surface area (TPSA) is 116 Å². The van der Waals surface area contributed by atoms with E-state index in [-0.39, 0.29) is 28.8 Å². The number of hydrogen-bond acceptors (Lipinski definition) is 6. The minimum atomic E-state index is -0.872. The fraction of sp³-hybridized carbons (Fsp3) is 0.389. The number of aryl methyl sites for hydroxylation is 1. The number of nitro benzene ring substituents is 1. The van der Waals surface area contributed by atoms with Gasteiger partial charge in [0.15, 0.2) is 0 Å². The smallest absolute Gasteiger partial charge is 0.328 e. The molecule has 0 aliphatic heterocycles. The van der Waals surface area contributed by atoms with Crippen molar-refractivity contribution in [2.75, 3.05) is 6.61 Å². The summed E-state index contributed by atoms with van der Waals surface area (Å²) in [7, 11) is 0. The number of nitro groups is 1. The number of benzene rings is 1. The Labute approximate surface area is 166 Å². The van der Waals surface area contributed by atoms with Crippen LogP contribution in [0, 0.1) is 16.0 Å². The third-order valence-electron chi connectivity index (χ3n) is 3.95. The number of aromatic nitrogens is 2. The van der Waals surface area contributed by atoms with Crippen LogP contribution in [0.1, 0.15) is 30.6 Å². The number of non-ortho nitro benzene ring substituents is 1. The number of amides is 1. The molecule has 0 radical (unpaired) electrons. The minimum Gasteiger partial charge on any atom is -0.464 e. The molecule has 0 saturated carbocycles. The standard InChI is InChI=1S/C18H21ClN4O5/c1-12(2)16(18(25)28-10-4-9-22-8-3-7-20-22)21-17(24)14-6-5-13(23(26)27)11-15(14)19/h3,5-8,11-12,16H,4,9-10H2,1-2H3,(H,21,24). The molecule has 150 valence electrons. The lowest BCUT2D eigenvalue weighted by Gasteiger charge is -2.21. The van der Waals surface area contributed by atoms with Gasteiger partial charge in [0.25, 0.3) is 11.6 Å². The van der Waals surface area contributed by atoms with Crippen molar-refractivity contribution in [2.45, 2.75) is 32.9 Å². The van der Waals surface area contributed by atoms with Crippen LogP contribution in [0.25, 0.3) is 0 Å². The highest BCUT2D eigenvalue weighted by molar-refractivity contribution is 6.34. The molecule has 0 saturated heterocycles. The zero-order valence-corrected chi connectivity index (χ0v) is 16.3. The number of ether oxygens (including phenoxy) is 1. The van der Waals surface area contributed by atoms with Gasteiger partial charge in [-0.1, -0.05) is 25.4 Å². The molecule has 1 heterocycles. The summed E-state index contributed by atoms with van der Waals surface area (Å²) in [5.41, 5.74) is -0.178. The Morgan fingerprint density at radius 1 is 1.39 bits per heavy atom. The Morgan fingerprint density at radius 2 is 2.14 bits per heavy atom. The molecule has 10 heteroatoms. The highest BCUT2D eigenvalue weighted by Crippen LogP contribution is 2.22. The normalized spacial score (nSPS) is 11.9. The second kappa shape index (κ2) is 9.84. The van der Waals surface area contributed by atoms with Gasteiger partial charge in [-0.3, -0.25) is 19.6 Å². The first-order valence-electron chi connectivity index (χ1n) is 8.68. The van der Waals surface area contributed by atoms with Gasteiger partial charge in [-0.05, 0) is 18.1 Å². The summed E-state index contributed by atoms with van der Waals surface area (Å²) in [6.07, 6.45) is 4.06. The molecular formula is C18H21ClN4O5. The van der Waals surface area contributed by atoms with Crippen LogP contribution in [0.3, 0.4) is 0 Å². The molecule has 9 nitrogen and oxygen atoms in total. The number of carbonyl (C=O) groups is 2. The molecule has 1 aromatic heterocycles. The molecule has 0 spiro atoms. The number of rotatable bonds is 9. The molecule has 2 aromatic rings. The van der Waals surface area contributed by atoms with E-state index in [4.69, 9.17) is 16.3 Å². The van der Waals surface area contributed by atoms with Crippen molar-refractivity contribution >= 4 is 29.2 Å². The highest BCUT2D eigenvalue weighted by atomic mass is 35.5. The first-order valence-corrected chi connectivity index (χ1v) is 9.06. The zero-order valence-electron chi connectivity index (χ0n) is 15.5. The summed E-state index contributed by atoms with van der Waals surface area (Å²) < 4.78 is 6.99. The molecule has 0 aliphatic carbocycles. The molecule has 1 N–H and O–H groups in total. The summed E-state index contributed by atoms with van der Waals surface area (Å²) in [5.74, 6) is -1.38. The van der Waals surface area contributed by atoms with Crippen LogP contribution >= 0.6 is 11.6 Å². The first-order chi connectivity index (χ1) is 13.3. The van der Waals surface area contributed by atoms with E-state index in [1.807, 2.05) is 6.20 Å². The zero-order chi connectivity index (χ0) is 20.7. The molecular weight excluding hydrogens is 388 g/mol. The van der Waals surface area contributed by atoms with Crippen LogP contribution in [0.4, 0.5) is 5.69 Å². The fourth-order valence-corrected chi connectivity index (χ4v) is 2.70. The molecule has 28 heavy (non-hydrogen) atoms. The lowest BCUT2D eigenvalue weighted by atomic mass is 10.0. The van der Waals surface area contributed by atoms with E-state index in [1.54, 1.807) is 30.8 Å². The third kappa shape index (κ3) is 5.78. The van der Waals surface area contributed by atoms with Crippen molar-refractivity contribution in [1.82, 2.24) is 15.1 Å². The maximum Gasteiger partial charge on any atom is 0.328 e. The number of hydrogen-bond donors (Lipinski definition) is 1. The van der Waals surface area contributed by atoms with Gasteiger partial charge in [-0.2, -0.15) is 5.10 Å². The largest absolute Gasteiger partial charge is 0.464 e. The summed E-state index contributed by atoms with van der Waals surface area (Å²) in [5, 5.41) is 17.4. The predicted molar refractivity (Wildman–Crippen MR) is 102 cm³/mol. The van der Waals surface area contributed by atoms with Crippen LogP contribution in [0.15, 0.2) is 36.7 Å². The number of halogens is 1. The first kappa shape index (κ1) is 21.4. The second-order valence-electron chi connectivity index (χ2n) is 6.41. The molecule has 0 aliphatic rings. The van der Waals surface area contributed by atoms with Crippen molar-refractivity contribution in [1.29, 1.82) is 0 Å². The van der Waals surface area contributed by atoms with Crippen molar-refractivity contribution in [2.24, 2.45) is 5.92 Å². The quantitative estimate of drug-likeness (QED) is 0.295. The van der Waals surface area contributed by atoms with E-state index in [0.717, 1.165) is 6.07 Å². The summed E-state index contributed by atoms with van der Waals surface area (Å²) in [6.45, 7) is 4.34. The van der Waals surface area contributed by atoms with Gasteiger partial charge in [-0.15, -0.1) is 0 Å². The van der Waals surface area contributed by atoms with E-state index in [1.165, 1.54) is 12.1 Å². The van der Waals surface area contributed by atoms with Gasteiger partial charge in [0.05, 0.1) is 22.1 Å². The summed E-state index contributed by atoms with van der Waals surface area (Å²) >= 11 is 5.97. The van der Waals surface area contributed by atoms with E-state index in [0.29, 0.717) is 13.0 Å². The second-order valence-corrected chi connectivity index (χ2v) is 6.81. The van der Waals surface area contributed by atoms with Gasteiger partial charge < -0.3 is 10.1 Å². The SMILES string of the molecule is CC(C)C(NC(=O)c1ccc([N+](=O)[O-])cc1Cl)C(=O)OCCCn1cccn1. The van der Waals surface area contributed by atoms with Crippen LogP contribution in [0.2, 0.25) is 5.02 Å². The van der Waals surface area contributed by atoms with Crippen molar-refractivity contribution in [3.63, 3.8) is 0 Å². The van der Waals surface area contributed by atoms with E-state index < -0.39 is 22.8 Å². The Bertz CT molecular complexity index is 839. The predicted octanol–water partition coefficient (Wildman–Crippen LogP) is 2.83. The van der Waals surface area contributed by atoms with Gasteiger partial charge in [-0.25, -0.2) is 4.79 Å². The van der Waals surface area contributed by atoms with Crippen LogP contribution in [-0.2, 0) is 16.1 Å². The Balaban J connectivity index is 1.94. The number of nitrogens with one attached hydrogen (secondary N) is 1. The number of nitrogens with zero attached hydrogens (tertiary/aromatic N) is 3. The molecule has 1 aromatic carbocycles. The number of esters is 1. The monoisotopic (exact) mass is 408 g/mol. The van der Waals surface area contributed by atoms with Gasteiger partial charge in [0, 0.05) is 37.5 Å². The maximum atomic E-state index is 12.5. The van der Waals surface area contributed by atoms with Crippen LogP contribution < -0.4 is 5.32 Å². The van der Waals surface area contributed by atoms with Gasteiger partial charge in [0.2, 0.25) is 0 Å². The summed E-state index contributed by atoms with van der Waals surface area (Å²) in [4.78, 5) is 35.0. The van der Waals surface area contributed by atoms with Crippen LogP contribution in [0.5, 0.6) is 0 Å². The lowest BCUT2D eigenvalue weighted by Crippen LogP contribution is -2.45.